The third kappa shape index (κ3) is 5.00. The highest BCUT2D eigenvalue weighted by Gasteiger charge is 2.14. The van der Waals surface area contributed by atoms with Crippen LogP contribution in [0.2, 0.25) is 5.02 Å². The van der Waals surface area contributed by atoms with E-state index in [4.69, 9.17) is 11.6 Å². The second kappa shape index (κ2) is 8.07. The van der Waals surface area contributed by atoms with Crippen molar-refractivity contribution in [2.24, 2.45) is 0 Å². The molecule has 0 fully saturated rings. The van der Waals surface area contributed by atoms with Crippen LogP contribution in [0.1, 0.15) is 22.3 Å². The molecule has 0 aliphatic heterocycles. The van der Waals surface area contributed by atoms with Crippen LogP contribution in [0.15, 0.2) is 36.4 Å². The summed E-state index contributed by atoms with van der Waals surface area (Å²) in [5.74, 6) is -1.78. The minimum absolute atomic E-state index is 0.0278. The normalized spacial score (nSPS) is 10.4. The first-order valence-electron chi connectivity index (χ1n) is 7.53. The Labute approximate surface area is 149 Å². The fourth-order valence-corrected chi connectivity index (χ4v) is 2.41. The van der Waals surface area contributed by atoms with Gasteiger partial charge in [0.1, 0.15) is 11.6 Å². The Morgan fingerprint density at radius 1 is 1.12 bits per heavy atom. The van der Waals surface area contributed by atoms with Crippen LogP contribution in [0.25, 0.3) is 0 Å². The second-order valence-electron chi connectivity index (χ2n) is 5.68. The summed E-state index contributed by atoms with van der Waals surface area (Å²) in [6, 6.07) is 7.68. The molecule has 25 heavy (non-hydrogen) atoms. The number of benzene rings is 2. The van der Waals surface area contributed by atoms with E-state index in [1.165, 1.54) is 17.0 Å². The molecule has 2 rings (SSSR count). The maximum atomic E-state index is 13.6. The van der Waals surface area contributed by atoms with Crippen LogP contribution in [0.4, 0.5) is 14.5 Å². The zero-order valence-electron chi connectivity index (χ0n) is 13.8. The van der Waals surface area contributed by atoms with Crippen molar-refractivity contribution in [3.63, 3.8) is 0 Å². The first-order valence-corrected chi connectivity index (χ1v) is 7.90. The van der Waals surface area contributed by atoms with Gasteiger partial charge in [-0.1, -0.05) is 11.6 Å². The Morgan fingerprint density at radius 2 is 1.84 bits per heavy atom. The number of halogens is 3. The summed E-state index contributed by atoms with van der Waals surface area (Å²) in [7, 11) is 3.19. The van der Waals surface area contributed by atoms with Crippen LogP contribution >= 0.6 is 11.6 Å². The van der Waals surface area contributed by atoms with Crippen molar-refractivity contribution in [3.8, 4) is 0 Å². The minimum Gasteiger partial charge on any atom is -0.345 e. The van der Waals surface area contributed by atoms with E-state index >= 15 is 0 Å². The molecule has 0 aromatic heterocycles. The first kappa shape index (κ1) is 18.9. The Bertz CT molecular complexity index is 810. The molecule has 0 spiro atoms. The van der Waals surface area contributed by atoms with E-state index in [1.807, 2.05) is 0 Å². The average molecular weight is 367 g/mol. The van der Waals surface area contributed by atoms with E-state index in [-0.39, 0.29) is 40.8 Å². The molecule has 0 saturated heterocycles. The van der Waals surface area contributed by atoms with Gasteiger partial charge in [-0.15, -0.1) is 0 Å². The zero-order chi connectivity index (χ0) is 18.6. The van der Waals surface area contributed by atoms with E-state index in [1.54, 1.807) is 20.2 Å². The van der Waals surface area contributed by atoms with Crippen molar-refractivity contribution in [1.82, 2.24) is 4.90 Å². The Morgan fingerprint density at radius 3 is 2.52 bits per heavy atom. The molecule has 0 aliphatic rings. The number of rotatable bonds is 5. The molecule has 4 nitrogen and oxygen atoms in total. The molecule has 2 aromatic carbocycles. The van der Waals surface area contributed by atoms with Crippen LogP contribution in [0.3, 0.4) is 0 Å². The molecule has 0 radical (unpaired) electrons. The number of nitrogens with one attached hydrogen (secondary N) is 1. The molecule has 132 valence electrons. The van der Waals surface area contributed by atoms with Crippen molar-refractivity contribution < 1.29 is 18.4 Å². The third-order valence-corrected chi connectivity index (χ3v) is 3.85. The molecule has 2 aromatic rings. The lowest BCUT2D eigenvalue weighted by Gasteiger charge is -2.13. The van der Waals surface area contributed by atoms with Gasteiger partial charge in [0.15, 0.2) is 0 Å². The molecule has 1 N–H and O–H groups in total. The van der Waals surface area contributed by atoms with Gasteiger partial charge >= 0.3 is 0 Å². The predicted molar refractivity (Wildman–Crippen MR) is 92.8 cm³/mol. The standard InChI is InChI=1S/C18H17ClF2N2O2/c1-23(2)18(25)14-10-13(5-6-15(14)19)22-17(24)8-3-11-9-12(20)4-7-16(11)21/h4-7,9-10H,3,8H2,1-2H3,(H,22,24). The summed E-state index contributed by atoms with van der Waals surface area (Å²) in [4.78, 5) is 25.4. The van der Waals surface area contributed by atoms with E-state index in [0.29, 0.717) is 5.69 Å². The molecule has 0 unspecified atom stereocenters. The number of carbonyl (C=O) groups excluding carboxylic acids is 2. The highest BCUT2D eigenvalue weighted by atomic mass is 35.5. The van der Waals surface area contributed by atoms with Gasteiger partial charge in [-0.2, -0.15) is 0 Å². The second-order valence-corrected chi connectivity index (χ2v) is 6.09. The number of hydrogen-bond donors (Lipinski definition) is 1. The van der Waals surface area contributed by atoms with E-state index in [2.05, 4.69) is 5.32 Å². The maximum absolute atomic E-state index is 13.6. The van der Waals surface area contributed by atoms with Crippen molar-refractivity contribution in [3.05, 3.63) is 64.2 Å². The largest absolute Gasteiger partial charge is 0.345 e. The van der Waals surface area contributed by atoms with Crippen LogP contribution in [-0.4, -0.2) is 30.8 Å². The van der Waals surface area contributed by atoms with Gasteiger partial charge in [0.25, 0.3) is 5.91 Å². The molecule has 2 amide bonds. The Hall–Kier alpha value is -2.47. The molecule has 0 heterocycles. The lowest BCUT2D eigenvalue weighted by Crippen LogP contribution is -2.22. The molecule has 7 heteroatoms. The fourth-order valence-electron chi connectivity index (χ4n) is 2.21. The SMILES string of the molecule is CN(C)C(=O)c1cc(NC(=O)CCc2cc(F)ccc2F)ccc1Cl. The van der Waals surface area contributed by atoms with Crippen molar-refractivity contribution >= 4 is 29.1 Å². The lowest BCUT2D eigenvalue weighted by atomic mass is 10.1. The van der Waals surface area contributed by atoms with Crippen LogP contribution in [-0.2, 0) is 11.2 Å². The summed E-state index contributed by atoms with van der Waals surface area (Å²) in [6.45, 7) is 0. The molecular formula is C18H17ClF2N2O2. The van der Waals surface area contributed by atoms with Gasteiger partial charge in [0.2, 0.25) is 5.91 Å². The Balaban J connectivity index is 2.04. The third-order valence-electron chi connectivity index (χ3n) is 3.52. The summed E-state index contributed by atoms with van der Waals surface area (Å²) in [5, 5.41) is 2.90. The van der Waals surface area contributed by atoms with Gasteiger partial charge in [0, 0.05) is 26.2 Å². The van der Waals surface area contributed by atoms with Crippen molar-refractivity contribution in [2.45, 2.75) is 12.8 Å². The number of anilines is 1. The molecule has 0 bridgehead atoms. The highest BCUT2D eigenvalue weighted by molar-refractivity contribution is 6.34. The van der Waals surface area contributed by atoms with Crippen LogP contribution < -0.4 is 5.32 Å². The number of amides is 2. The van der Waals surface area contributed by atoms with Crippen LogP contribution in [0.5, 0.6) is 0 Å². The molecular weight excluding hydrogens is 350 g/mol. The minimum atomic E-state index is -0.556. The fraction of sp³-hybridized carbons (Fsp3) is 0.222. The summed E-state index contributed by atoms with van der Waals surface area (Å²) in [6.07, 6.45) is 0.0342. The molecule has 0 atom stereocenters. The number of carbonyl (C=O) groups is 2. The zero-order valence-corrected chi connectivity index (χ0v) is 14.5. The van der Waals surface area contributed by atoms with Gasteiger partial charge in [0.05, 0.1) is 10.6 Å². The molecule has 0 aliphatic carbocycles. The maximum Gasteiger partial charge on any atom is 0.254 e. The topological polar surface area (TPSA) is 49.4 Å². The summed E-state index contributed by atoms with van der Waals surface area (Å²) >= 11 is 6.01. The monoisotopic (exact) mass is 366 g/mol. The van der Waals surface area contributed by atoms with Gasteiger partial charge in [-0.25, -0.2) is 8.78 Å². The number of aryl methyl sites for hydroxylation is 1. The lowest BCUT2D eigenvalue weighted by molar-refractivity contribution is -0.116. The van der Waals surface area contributed by atoms with E-state index in [0.717, 1.165) is 18.2 Å². The molecule has 0 saturated carbocycles. The van der Waals surface area contributed by atoms with Gasteiger partial charge in [-0.3, -0.25) is 9.59 Å². The number of nitrogens with zero attached hydrogens (tertiary/aromatic N) is 1. The van der Waals surface area contributed by atoms with Gasteiger partial charge < -0.3 is 10.2 Å². The van der Waals surface area contributed by atoms with Crippen LogP contribution in [0, 0.1) is 11.6 Å². The number of hydrogen-bond acceptors (Lipinski definition) is 2. The van der Waals surface area contributed by atoms with E-state index in [9.17, 15) is 18.4 Å². The highest BCUT2D eigenvalue weighted by Crippen LogP contribution is 2.22. The first-order chi connectivity index (χ1) is 11.8. The van der Waals surface area contributed by atoms with Gasteiger partial charge in [-0.05, 0) is 48.4 Å². The van der Waals surface area contributed by atoms with Crippen molar-refractivity contribution in [1.29, 1.82) is 0 Å². The summed E-state index contributed by atoms with van der Waals surface area (Å²) in [5.41, 5.74) is 0.801. The average Bonchev–Trinajstić information content (AvgIpc) is 2.56. The van der Waals surface area contributed by atoms with Crippen molar-refractivity contribution in [2.75, 3.05) is 19.4 Å². The Kier molecular flexibility index (Phi) is 6.09. The predicted octanol–water partition coefficient (Wildman–Crippen LogP) is 3.89. The van der Waals surface area contributed by atoms with E-state index < -0.39 is 11.6 Å². The smallest absolute Gasteiger partial charge is 0.254 e. The quantitative estimate of drug-likeness (QED) is 0.872. The summed E-state index contributed by atoms with van der Waals surface area (Å²) < 4.78 is 26.7.